The molecule has 2 N–H and O–H groups in total. The highest BCUT2D eigenvalue weighted by molar-refractivity contribution is 7.90. The first-order chi connectivity index (χ1) is 14.2. The number of hydrogen-bond donors (Lipinski definition) is 2. The van der Waals surface area contributed by atoms with Crippen LogP contribution in [0.15, 0.2) is 54.6 Å². The Balaban J connectivity index is 1.46. The van der Waals surface area contributed by atoms with Gasteiger partial charge in [0, 0.05) is 29.4 Å². The lowest BCUT2D eigenvalue weighted by molar-refractivity contribution is 0.103. The Morgan fingerprint density at radius 1 is 0.900 bits per heavy atom. The van der Waals surface area contributed by atoms with E-state index in [1.807, 2.05) is 54.6 Å². The molecule has 2 aromatic rings. The summed E-state index contributed by atoms with van der Waals surface area (Å²) >= 11 is 0. The zero-order valence-electron chi connectivity index (χ0n) is 18.0. The first-order valence-corrected chi connectivity index (χ1v) is 12.1. The second-order valence-corrected chi connectivity index (χ2v) is 11.6. The fourth-order valence-electron chi connectivity index (χ4n) is 3.64. The number of benzene rings is 2. The van der Waals surface area contributed by atoms with Gasteiger partial charge in [-0.2, -0.15) is 0 Å². The van der Waals surface area contributed by atoms with Gasteiger partial charge in [0.1, 0.15) is 0 Å². The number of ketones is 1. The fourth-order valence-corrected chi connectivity index (χ4v) is 4.67. The van der Waals surface area contributed by atoms with Crippen molar-refractivity contribution in [1.82, 2.24) is 4.72 Å². The summed E-state index contributed by atoms with van der Waals surface area (Å²) in [6.07, 6.45) is 3.72. The zero-order valence-corrected chi connectivity index (χ0v) is 18.8. The summed E-state index contributed by atoms with van der Waals surface area (Å²) < 4.78 is 26.8. The molecule has 0 saturated heterocycles. The molecule has 0 radical (unpaired) electrons. The normalized spacial score (nSPS) is 20.0. The average molecular weight is 429 g/mol. The van der Waals surface area contributed by atoms with Gasteiger partial charge in [0.25, 0.3) is 0 Å². The van der Waals surface area contributed by atoms with Crippen molar-refractivity contribution in [1.29, 1.82) is 0 Å². The first kappa shape index (κ1) is 22.5. The van der Waals surface area contributed by atoms with Crippen LogP contribution in [0.25, 0.3) is 0 Å². The second-order valence-electron chi connectivity index (χ2n) is 9.10. The molecule has 0 aromatic heterocycles. The van der Waals surface area contributed by atoms with E-state index in [0.717, 1.165) is 37.9 Å². The van der Waals surface area contributed by atoms with E-state index in [1.54, 1.807) is 20.8 Å². The molecule has 0 atom stereocenters. The summed E-state index contributed by atoms with van der Waals surface area (Å²) in [6.45, 7) is 6.03. The molecule has 1 aliphatic carbocycles. The topological polar surface area (TPSA) is 75.3 Å². The quantitative estimate of drug-likeness (QED) is 0.632. The van der Waals surface area contributed by atoms with Crippen molar-refractivity contribution in [2.45, 2.75) is 57.2 Å². The summed E-state index contributed by atoms with van der Waals surface area (Å²) in [5, 5.41) is 3.46. The molecule has 1 fully saturated rings. The maximum atomic E-state index is 12.5. The zero-order chi connectivity index (χ0) is 21.8. The lowest BCUT2D eigenvalue weighted by Crippen LogP contribution is -2.46. The molecule has 30 heavy (non-hydrogen) atoms. The number of carbonyl (C=O) groups excluding carboxylic acids is 1. The molecule has 0 bridgehead atoms. The highest BCUT2D eigenvalue weighted by Gasteiger charge is 2.32. The number of nitrogens with one attached hydrogen (secondary N) is 2. The molecule has 5 nitrogen and oxygen atoms in total. The lowest BCUT2D eigenvalue weighted by atomic mass is 9.86. The van der Waals surface area contributed by atoms with Crippen LogP contribution in [0.2, 0.25) is 0 Å². The largest absolute Gasteiger partial charge is 0.385 e. The molecule has 6 heteroatoms. The molecule has 0 heterocycles. The third kappa shape index (κ3) is 5.70. The number of rotatable bonds is 7. The number of sulfonamides is 1. The smallest absolute Gasteiger partial charge is 0.216 e. The van der Waals surface area contributed by atoms with Gasteiger partial charge in [-0.3, -0.25) is 4.79 Å². The van der Waals surface area contributed by atoms with Crippen LogP contribution in [0.1, 0.15) is 62.4 Å². The molecule has 3 rings (SSSR count). The molecular formula is C24H32N2O3S. The first-order valence-electron chi connectivity index (χ1n) is 10.6. The number of carbonyl (C=O) groups is 1. The van der Waals surface area contributed by atoms with Crippen LogP contribution in [0.4, 0.5) is 5.69 Å². The van der Waals surface area contributed by atoms with Crippen LogP contribution in [0, 0.1) is 5.92 Å². The molecule has 1 aliphatic rings. The van der Waals surface area contributed by atoms with E-state index in [1.165, 1.54) is 0 Å². The predicted molar refractivity (Wildman–Crippen MR) is 122 cm³/mol. The van der Waals surface area contributed by atoms with Gasteiger partial charge < -0.3 is 5.32 Å². The maximum absolute atomic E-state index is 12.5. The fraction of sp³-hybridized carbons (Fsp3) is 0.458. The van der Waals surface area contributed by atoms with Crippen LogP contribution in [0.5, 0.6) is 0 Å². The van der Waals surface area contributed by atoms with Gasteiger partial charge in [0.2, 0.25) is 10.0 Å². The van der Waals surface area contributed by atoms with Gasteiger partial charge >= 0.3 is 0 Å². The van der Waals surface area contributed by atoms with Crippen LogP contribution < -0.4 is 10.0 Å². The summed E-state index contributed by atoms with van der Waals surface area (Å²) in [6, 6.07) is 16.9. The van der Waals surface area contributed by atoms with Crippen molar-refractivity contribution in [2.24, 2.45) is 5.92 Å². The monoisotopic (exact) mass is 428 g/mol. The SMILES string of the molecule is CC(C)(C)S(=O)(=O)N[C@H]1CC[C@H](CNc2ccc(C(=O)c3ccccc3)cc2)CC1. The van der Waals surface area contributed by atoms with Gasteiger partial charge in [0.15, 0.2) is 5.78 Å². The Labute approximate surface area is 180 Å². The highest BCUT2D eigenvalue weighted by atomic mass is 32.2. The molecular weight excluding hydrogens is 396 g/mol. The maximum Gasteiger partial charge on any atom is 0.216 e. The minimum atomic E-state index is -3.29. The Morgan fingerprint density at radius 3 is 2.03 bits per heavy atom. The summed E-state index contributed by atoms with van der Waals surface area (Å²) in [5.41, 5.74) is 2.37. The van der Waals surface area contributed by atoms with E-state index in [9.17, 15) is 13.2 Å². The molecule has 0 aliphatic heterocycles. The minimum Gasteiger partial charge on any atom is -0.385 e. The van der Waals surface area contributed by atoms with Gasteiger partial charge in [-0.1, -0.05) is 30.3 Å². The highest BCUT2D eigenvalue weighted by Crippen LogP contribution is 2.27. The number of anilines is 1. The second kappa shape index (κ2) is 9.31. The van der Waals surface area contributed by atoms with Crippen molar-refractivity contribution in [2.75, 3.05) is 11.9 Å². The van der Waals surface area contributed by atoms with Gasteiger partial charge in [-0.05, 0) is 76.6 Å². The van der Waals surface area contributed by atoms with Gasteiger partial charge in [-0.25, -0.2) is 13.1 Å². The molecule has 0 unspecified atom stereocenters. The molecule has 1 saturated carbocycles. The Morgan fingerprint density at radius 2 is 1.47 bits per heavy atom. The third-order valence-corrected chi connectivity index (χ3v) is 8.01. The molecule has 0 amide bonds. The Kier molecular flexibility index (Phi) is 6.98. The van der Waals surface area contributed by atoms with E-state index in [2.05, 4.69) is 10.0 Å². The van der Waals surface area contributed by atoms with E-state index in [4.69, 9.17) is 0 Å². The Bertz CT molecular complexity index is 940. The van der Waals surface area contributed by atoms with Crippen molar-refractivity contribution in [3.63, 3.8) is 0 Å². The van der Waals surface area contributed by atoms with Crippen LogP contribution in [0.3, 0.4) is 0 Å². The standard InChI is InChI=1S/C24H32N2O3S/c1-24(2,3)30(28,29)26-22-13-9-18(10-14-22)17-25-21-15-11-20(12-16-21)23(27)19-7-5-4-6-8-19/h4-8,11-12,15-16,18,22,25-26H,9-10,13-14,17H2,1-3H3/t18-,22-. The van der Waals surface area contributed by atoms with E-state index in [0.29, 0.717) is 17.0 Å². The molecule has 162 valence electrons. The van der Waals surface area contributed by atoms with E-state index >= 15 is 0 Å². The number of hydrogen-bond acceptors (Lipinski definition) is 4. The van der Waals surface area contributed by atoms with Crippen molar-refractivity contribution >= 4 is 21.5 Å². The van der Waals surface area contributed by atoms with Crippen molar-refractivity contribution in [3.8, 4) is 0 Å². The van der Waals surface area contributed by atoms with Crippen LogP contribution in [-0.2, 0) is 10.0 Å². The van der Waals surface area contributed by atoms with Crippen molar-refractivity contribution in [3.05, 3.63) is 65.7 Å². The van der Waals surface area contributed by atoms with Gasteiger partial charge in [-0.15, -0.1) is 0 Å². The summed E-state index contributed by atoms with van der Waals surface area (Å²) in [5.74, 6) is 0.546. The summed E-state index contributed by atoms with van der Waals surface area (Å²) in [4.78, 5) is 12.5. The predicted octanol–water partition coefficient (Wildman–Crippen LogP) is 4.61. The lowest BCUT2D eigenvalue weighted by Gasteiger charge is -2.31. The van der Waals surface area contributed by atoms with Gasteiger partial charge in [0.05, 0.1) is 4.75 Å². The summed E-state index contributed by atoms with van der Waals surface area (Å²) in [7, 11) is -3.29. The van der Waals surface area contributed by atoms with Crippen molar-refractivity contribution < 1.29 is 13.2 Å². The van der Waals surface area contributed by atoms with E-state index in [-0.39, 0.29) is 11.8 Å². The molecule has 2 aromatic carbocycles. The van der Waals surface area contributed by atoms with Crippen LogP contribution in [-0.4, -0.2) is 31.5 Å². The minimum absolute atomic E-state index is 0.0261. The third-order valence-electron chi connectivity index (χ3n) is 5.75. The van der Waals surface area contributed by atoms with E-state index < -0.39 is 14.8 Å². The molecule has 0 spiro atoms. The average Bonchev–Trinajstić information content (AvgIpc) is 2.73. The Hall–Kier alpha value is -2.18. The van der Waals surface area contributed by atoms with Crippen LogP contribution >= 0.6 is 0 Å².